The van der Waals surface area contributed by atoms with Crippen molar-refractivity contribution in [2.45, 2.75) is 44.0 Å². The molecule has 0 bridgehead atoms. The minimum absolute atomic E-state index is 0.00415. The van der Waals surface area contributed by atoms with Gasteiger partial charge in [-0.05, 0) is 55.2 Å². The number of nitrogens with zero attached hydrogens (tertiary/aromatic N) is 4. The molecule has 5 rings (SSSR count). The number of hydrogen-bond acceptors (Lipinski definition) is 5. The van der Waals surface area contributed by atoms with Crippen molar-refractivity contribution < 1.29 is 4.39 Å². The fourth-order valence-corrected chi connectivity index (χ4v) is 5.75. The molecular weight excluding hydrogens is 371 g/mol. The van der Waals surface area contributed by atoms with Crippen molar-refractivity contribution in [3.8, 4) is 0 Å². The van der Waals surface area contributed by atoms with Gasteiger partial charge in [0.25, 0.3) is 0 Å². The molecule has 2 aromatic rings. The highest BCUT2D eigenvalue weighted by atomic mass is 32.2. The molecule has 0 N–H and O–H groups in total. The molecule has 0 saturated carbocycles. The van der Waals surface area contributed by atoms with Crippen LogP contribution in [0.1, 0.15) is 48.7 Å². The van der Waals surface area contributed by atoms with Crippen LogP contribution >= 0.6 is 11.8 Å². The molecule has 0 unspecified atom stereocenters. The zero-order valence-electron chi connectivity index (χ0n) is 16.3. The number of hydrogen-bond donors (Lipinski definition) is 0. The Hall–Kier alpha value is -2.08. The van der Waals surface area contributed by atoms with E-state index in [1.165, 1.54) is 0 Å². The van der Waals surface area contributed by atoms with Gasteiger partial charge in [0.2, 0.25) is 0 Å². The van der Waals surface area contributed by atoms with Crippen molar-refractivity contribution in [3.63, 3.8) is 0 Å². The third-order valence-corrected chi connectivity index (χ3v) is 7.08. The van der Waals surface area contributed by atoms with E-state index in [9.17, 15) is 0 Å². The fourth-order valence-electron chi connectivity index (χ4n) is 4.65. The van der Waals surface area contributed by atoms with E-state index in [1.54, 1.807) is 6.07 Å². The van der Waals surface area contributed by atoms with Gasteiger partial charge in [0.15, 0.2) is 5.17 Å². The lowest BCUT2D eigenvalue weighted by molar-refractivity contribution is 0.319. The Morgan fingerprint density at radius 2 is 2.00 bits per heavy atom. The zero-order valence-corrected chi connectivity index (χ0v) is 17.1. The maximum Gasteiger partial charge on any atom is 0.160 e. The molecule has 1 aromatic heterocycles. The maximum absolute atomic E-state index is 15.2. The van der Waals surface area contributed by atoms with Crippen LogP contribution in [0.5, 0.6) is 0 Å². The van der Waals surface area contributed by atoms with E-state index in [1.807, 2.05) is 42.2 Å². The summed E-state index contributed by atoms with van der Waals surface area (Å²) >= 11 is 1.81. The average Bonchev–Trinajstić information content (AvgIpc) is 3.40. The molecule has 1 aromatic carbocycles. The second-order valence-corrected chi connectivity index (χ2v) is 9.40. The number of aliphatic imine (C=N–C) groups is 1. The zero-order chi connectivity index (χ0) is 19.3. The van der Waals surface area contributed by atoms with E-state index in [4.69, 9.17) is 4.99 Å². The van der Waals surface area contributed by atoms with Crippen LogP contribution in [0, 0.1) is 12.7 Å². The lowest BCUT2D eigenvalue weighted by atomic mass is 9.92. The first-order chi connectivity index (χ1) is 13.6. The molecule has 146 valence electrons. The predicted molar refractivity (Wildman–Crippen MR) is 113 cm³/mol. The molecule has 0 radical (unpaired) electrons. The number of pyridine rings is 1. The highest BCUT2D eigenvalue weighted by molar-refractivity contribution is 8.14. The van der Waals surface area contributed by atoms with Crippen LogP contribution in [0.15, 0.2) is 41.5 Å². The molecule has 4 nitrogen and oxygen atoms in total. The molecule has 0 spiro atoms. The quantitative estimate of drug-likeness (QED) is 0.751. The number of aryl methyl sites for hydroxylation is 1. The van der Waals surface area contributed by atoms with Gasteiger partial charge in [0, 0.05) is 31.1 Å². The van der Waals surface area contributed by atoms with Crippen molar-refractivity contribution in [1.82, 2.24) is 9.88 Å². The summed E-state index contributed by atoms with van der Waals surface area (Å²) in [6.07, 6.45) is 4.10. The summed E-state index contributed by atoms with van der Waals surface area (Å²) in [5.74, 6) is -0.115. The fraction of sp³-hybridized carbons (Fsp3) is 0.455. The minimum atomic E-state index is -0.115. The number of halogens is 1. The Morgan fingerprint density at radius 1 is 1.18 bits per heavy atom. The summed E-state index contributed by atoms with van der Waals surface area (Å²) < 4.78 is 15.2. The van der Waals surface area contributed by atoms with Crippen molar-refractivity contribution in [1.29, 1.82) is 0 Å². The highest BCUT2D eigenvalue weighted by Crippen LogP contribution is 2.48. The summed E-state index contributed by atoms with van der Waals surface area (Å²) in [7, 11) is 0. The van der Waals surface area contributed by atoms with E-state index in [0.717, 1.165) is 60.2 Å². The first-order valence-electron chi connectivity index (χ1n) is 10.1. The topological polar surface area (TPSA) is 31.7 Å². The van der Waals surface area contributed by atoms with Gasteiger partial charge in [0.1, 0.15) is 11.9 Å². The Balaban J connectivity index is 1.57. The van der Waals surface area contributed by atoms with Gasteiger partial charge in [-0.2, -0.15) is 0 Å². The number of amidine groups is 1. The number of thioether (sulfide) groups is 1. The van der Waals surface area contributed by atoms with E-state index < -0.39 is 0 Å². The van der Waals surface area contributed by atoms with Gasteiger partial charge in [-0.3, -0.25) is 9.98 Å². The first kappa shape index (κ1) is 18.0. The largest absolute Gasteiger partial charge is 0.369 e. The Labute approximate surface area is 169 Å². The summed E-state index contributed by atoms with van der Waals surface area (Å²) in [5, 5.41) is 1.57. The van der Waals surface area contributed by atoms with Gasteiger partial charge in [-0.15, -0.1) is 0 Å². The van der Waals surface area contributed by atoms with Crippen molar-refractivity contribution in [3.05, 3.63) is 59.2 Å². The van der Waals surface area contributed by atoms with E-state index in [0.29, 0.717) is 5.25 Å². The first-order valence-corrected chi connectivity index (χ1v) is 11.0. The summed E-state index contributed by atoms with van der Waals surface area (Å²) in [4.78, 5) is 14.1. The standard InChI is InChI=1S/C22H25FN4S/c1-14-11-19(26-9-5-6-10-26)17(23)12-16(14)21-20(18-7-3-4-8-24-18)25-22-27(21)13-15(2)28-22/h3-4,7-8,11-12,15,20-21H,5-6,9-10,13H2,1-2H3/t15-,20-,21+/m0/s1. The van der Waals surface area contributed by atoms with E-state index >= 15 is 4.39 Å². The second-order valence-electron chi connectivity index (χ2n) is 7.99. The Bertz CT molecular complexity index is 910. The third-order valence-electron chi connectivity index (χ3n) is 5.98. The SMILES string of the molecule is Cc1cc(N2CCCC2)c(F)cc1[C@@H]1[C@H](c2ccccn2)N=C2S[C@@H](C)CN21. The van der Waals surface area contributed by atoms with Gasteiger partial charge < -0.3 is 9.80 Å². The van der Waals surface area contributed by atoms with Gasteiger partial charge >= 0.3 is 0 Å². The van der Waals surface area contributed by atoms with E-state index in [2.05, 4.69) is 28.6 Å². The highest BCUT2D eigenvalue weighted by Gasteiger charge is 2.44. The molecule has 6 heteroatoms. The molecule has 4 heterocycles. The monoisotopic (exact) mass is 396 g/mol. The van der Waals surface area contributed by atoms with Crippen LogP contribution in [-0.4, -0.2) is 39.9 Å². The van der Waals surface area contributed by atoms with Crippen molar-refractivity contribution in [2.75, 3.05) is 24.5 Å². The van der Waals surface area contributed by atoms with Crippen LogP contribution in [0.3, 0.4) is 0 Å². The lowest BCUT2D eigenvalue weighted by Crippen LogP contribution is -2.29. The summed E-state index contributed by atoms with van der Waals surface area (Å²) in [6, 6.07) is 9.67. The molecular formula is C22H25FN4S. The Kier molecular flexibility index (Phi) is 4.54. The van der Waals surface area contributed by atoms with Gasteiger partial charge in [-0.1, -0.05) is 24.8 Å². The molecule has 0 aliphatic carbocycles. The minimum Gasteiger partial charge on any atom is -0.369 e. The third kappa shape index (κ3) is 2.98. The van der Waals surface area contributed by atoms with Gasteiger partial charge in [0.05, 0.1) is 17.4 Å². The maximum atomic E-state index is 15.2. The average molecular weight is 397 g/mol. The number of rotatable bonds is 3. The number of aromatic nitrogens is 1. The van der Waals surface area contributed by atoms with Crippen LogP contribution in [-0.2, 0) is 0 Å². The summed E-state index contributed by atoms with van der Waals surface area (Å²) in [6.45, 7) is 7.16. The van der Waals surface area contributed by atoms with E-state index in [-0.39, 0.29) is 17.9 Å². The molecule has 2 fully saturated rings. The predicted octanol–water partition coefficient (Wildman–Crippen LogP) is 4.72. The smallest absolute Gasteiger partial charge is 0.160 e. The molecule has 3 aliphatic rings. The van der Waals surface area contributed by atoms with Crippen molar-refractivity contribution >= 4 is 22.6 Å². The molecule has 0 amide bonds. The van der Waals surface area contributed by atoms with Crippen LogP contribution in [0.4, 0.5) is 10.1 Å². The van der Waals surface area contributed by atoms with Crippen LogP contribution in [0.25, 0.3) is 0 Å². The molecule has 2 saturated heterocycles. The normalized spacial score (nSPS) is 26.7. The molecule has 3 aliphatic heterocycles. The number of anilines is 1. The number of fused-ring (bicyclic) bond motifs is 1. The lowest BCUT2D eigenvalue weighted by Gasteiger charge is -2.29. The van der Waals surface area contributed by atoms with Gasteiger partial charge in [-0.25, -0.2) is 4.39 Å². The second kappa shape index (κ2) is 7.07. The molecule has 28 heavy (non-hydrogen) atoms. The summed E-state index contributed by atoms with van der Waals surface area (Å²) in [5.41, 5.74) is 3.86. The number of benzene rings is 1. The van der Waals surface area contributed by atoms with Crippen molar-refractivity contribution in [2.24, 2.45) is 4.99 Å². The van der Waals surface area contributed by atoms with Crippen LogP contribution in [0.2, 0.25) is 0 Å². The Morgan fingerprint density at radius 3 is 2.75 bits per heavy atom. The molecule has 3 atom stereocenters. The van der Waals surface area contributed by atoms with Crippen LogP contribution < -0.4 is 4.90 Å².